The maximum Gasteiger partial charge on any atom is 0.0780 e. The van der Waals surface area contributed by atoms with Gasteiger partial charge in [-0.1, -0.05) is 26.1 Å². The molecule has 1 fully saturated rings. The Morgan fingerprint density at radius 2 is 2.38 bits per heavy atom. The zero-order valence-corrected chi connectivity index (χ0v) is 10.2. The van der Waals surface area contributed by atoms with E-state index in [4.69, 9.17) is 12.2 Å². The van der Waals surface area contributed by atoms with E-state index < -0.39 is 0 Å². The van der Waals surface area contributed by atoms with Gasteiger partial charge in [0.25, 0.3) is 0 Å². The zero-order valence-electron chi connectivity index (χ0n) is 8.58. The number of likely N-dealkylation sites (tertiary alicyclic amines) is 1. The van der Waals surface area contributed by atoms with E-state index in [-0.39, 0.29) is 0 Å². The number of thiocarbonyl (C=S) groups is 1. The number of thioether (sulfide) groups is 1. The van der Waals surface area contributed by atoms with Gasteiger partial charge in [-0.25, -0.2) is 0 Å². The Hall–Kier alpha value is 0.240. The molecular weight excluding hydrogens is 198 g/mol. The Balaban J connectivity index is 2.19. The first-order valence-corrected chi connectivity index (χ1v) is 6.59. The van der Waals surface area contributed by atoms with Crippen LogP contribution in [0, 0.1) is 0 Å². The van der Waals surface area contributed by atoms with Crippen molar-refractivity contribution in [3.63, 3.8) is 0 Å². The highest BCUT2D eigenvalue weighted by atomic mass is 32.2. The molecule has 1 nitrogen and oxygen atoms in total. The molecule has 1 atom stereocenters. The van der Waals surface area contributed by atoms with Crippen molar-refractivity contribution in [3.8, 4) is 0 Å². The van der Waals surface area contributed by atoms with Gasteiger partial charge in [-0.3, -0.25) is 0 Å². The minimum absolute atomic E-state index is 0.732. The fraction of sp³-hybridized carbons (Fsp3) is 0.900. The predicted octanol–water partition coefficient (Wildman–Crippen LogP) is 2.94. The molecule has 1 heterocycles. The zero-order chi connectivity index (χ0) is 9.68. The SMILES string of the molecule is CCCSC(C)CN1CCCC1=S. The first-order valence-electron chi connectivity index (χ1n) is 5.13. The predicted molar refractivity (Wildman–Crippen MR) is 65.6 cm³/mol. The van der Waals surface area contributed by atoms with E-state index in [0.717, 1.165) is 18.2 Å². The van der Waals surface area contributed by atoms with E-state index in [0.29, 0.717) is 0 Å². The normalized spacial score (nSPS) is 19.5. The molecule has 0 aromatic rings. The summed E-state index contributed by atoms with van der Waals surface area (Å²) < 4.78 is 0. The Morgan fingerprint density at radius 1 is 1.62 bits per heavy atom. The summed E-state index contributed by atoms with van der Waals surface area (Å²) in [6, 6.07) is 0. The third-order valence-corrected chi connectivity index (χ3v) is 4.08. The molecule has 13 heavy (non-hydrogen) atoms. The van der Waals surface area contributed by atoms with Crippen molar-refractivity contribution in [2.45, 2.75) is 38.4 Å². The lowest BCUT2D eigenvalue weighted by Gasteiger charge is -2.21. The van der Waals surface area contributed by atoms with Gasteiger partial charge in [0.2, 0.25) is 0 Å². The van der Waals surface area contributed by atoms with Crippen molar-refractivity contribution in [1.29, 1.82) is 0 Å². The molecule has 0 aliphatic carbocycles. The van der Waals surface area contributed by atoms with Gasteiger partial charge in [0.05, 0.1) is 4.99 Å². The van der Waals surface area contributed by atoms with Crippen LogP contribution in [0.4, 0.5) is 0 Å². The summed E-state index contributed by atoms with van der Waals surface area (Å²) >= 11 is 7.35. The second kappa shape index (κ2) is 5.86. The van der Waals surface area contributed by atoms with Crippen LogP contribution >= 0.6 is 24.0 Å². The molecule has 1 aliphatic heterocycles. The van der Waals surface area contributed by atoms with Gasteiger partial charge < -0.3 is 4.90 Å². The Labute approximate surface area is 91.3 Å². The summed E-state index contributed by atoms with van der Waals surface area (Å²) in [5.41, 5.74) is 0. The summed E-state index contributed by atoms with van der Waals surface area (Å²) in [5.74, 6) is 1.28. The lowest BCUT2D eigenvalue weighted by atomic mass is 10.4. The minimum Gasteiger partial charge on any atom is -0.365 e. The molecule has 0 N–H and O–H groups in total. The second-order valence-electron chi connectivity index (χ2n) is 3.62. The molecule has 1 unspecified atom stereocenters. The molecule has 0 aromatic heterocycles. The van der Waals surface area contributed by atoms with E-state index in [9.17, 15) is 0 Å². The van der Waals surface area contributed by atoms with E-state index in [2.05, 4.69) is 30.5 Å². The molecule has 0 saturated carbocycles. The highest BCUT2D eigenvalue weighted by Gasteiger charge is 2.18. The average molecular weight is 217 g/mol. The van der Waals surface area contributed by atoms with Gasteiger partial charge in [0.15, 0.2) is 0 Å². The Kier molecular flexibility index (Phi) is 5.10. The van der Waals surface area contributed by atoms with E-state index >= 15 is 0 Å². The lowest BCUT2D eigenvalue weighted by molar-refractivity contribution is 0.463. The summed E-state index contributed by atoms with van der Waals surface area (Å²) in [7, 11) is 0. The monoisotopic (exact) mass is 217 g/mol. The van der Waals surface area contributed by atoms with Crippen LogP contribution in [0.1, 0.15) is 33.1 Å². The molecule has 1 aliphatic rings. The highest BCUT2D eigenvalue weighted by molar-refractivity contribution is 7.99. The number of hydrogen-bond acceptors (Lipinski definition) is 2. The van der Waals surface area contributed by atoms with Crippen LogP contribution in [0.25, 0.3) is 0 Å². The molecule has 0 spiro atoms. The van der Waals surface area contributed by atoms with Gasteiger partial charge in [0, 0.05) is 18.3 Å². The van der Waals surface area contributed by atoms with Gasteiger partial charge in [0.1, 0.15) is 0 Å². The summed E-state index contributed by atoms with van der Waals surface area (Å²) in [6.45, 7) is 6.89. The maximum atomic E-state index is 5.29. The third kappa shape index (κ3) is 3.86. The molecule has 0 amide bonds. The molecule has 3 heteroatoms. The van der Waals surface area contributed by atoms with Crippen LogP contribution in [0.2, 0.25) is 0 Å². The molecule has 0 radical (unpaired) electrons. The van der Waals surface area contributed by atoms with Crippen LogP contribution in [0.15, 0.2) is 0 Å². The van der Waals surface area contributed by atoms with Gasteiger partial charge in [-0.05, 0) is 25.0 Å². The van der Waals surface area contributed by atoms with Crippen LogP contribution in [-0.4, -0.2) is 34.0 Å². The highest BCUT2D eigenvalue weighted by Crippen LogP contribution is 2.17. The van der Waals surface area contributed by atoms with Gasteiger partial charge in [-0.15, -0.1) is 0 Å². The minimum atomic E-state index is 0.732. The van der Waals surface area contributed by atoms with Crippen LogP contribution < -0.4 is 0 Å². The average Bonchev–Trinajstić information content (AvgIpc) is 2.48. The van der Waals surface area contributed by atoms with Crippen LogP contribution in [0.3, 0.4) is 0 Å². The van der Waals surface area contributed by atoms with Crippen molar-refractivity contribution in [1.82, 2.24) is 4.90 Å². The van der Waals surface area contributed by atoms with E-state index in [1.165, 1.54) is 30.1 Å². The van der Waals surface area contributed by atoms with Crippen molar-refractivity contribution in [3.05, 3.63) is 0 Å². The summed E-state index contributed by atoms with van der Waals surface area (Å²) in [5, 5.41) is 0.732. The molecule has 0 aromatic carbocycles. The first-order chi connectivity index (χ1) is 6.24. The largest absolute Gasteiger partial charge is 0.365 e. The van der Waals surface area contributed by atoms with Crippen molar-refractivity contribution >= 4 is 29.0 Å². The molecule has 1 saturated heterocycles. The molecular formula is C10H19NS2. The Bertz CT molecular complexity index is 170. The second-order valence-corrected chi connectivity index (χ2v) is 5.64. The first kappa shape index (κ1) is 11.3. The Morgan fingerprint density at radius 3 is 2.92 bits per heavy atom. The topological polar surface area (TPSA) is 3.24 Å². The maximum absolute atomic E-state index is 5.29. The van der Waals surface area contributed by atoms with Gasteiger partial charge >= 0.3 is 0 Å². The number of nitrogens with zero attached hydrogens (tertiary/aromatic N) is 1. The fourth-order valence-corrected chi connectivity index (χ4v) is 2.81. The summed E-state index contributed by atoms with van der Waals surface area (Å²) in [4.78, 5) is 3.56. The van der Waals surface area contributed by atoms with Crippen molar-refractivity contribution < 1.29 is 0 Å². The molecule has 76 valence electrons. The third-order valence-electron chi connectivity index (χ3n) is 2.26. The quantitative estimate of drug-likeness (QED) is 0.652. The standard InChI is InChI=1S/C10H19NS2/c1-3-7-13-9(2)8-11-6-4-5-10(11)12/h9H,3-8H2,1-2H3. The van der Waals surface area contributed by atoms with E-state index in [1.54, 1.807) is 0 Å². The van der Waals surface area contributed by atoms with Gasteiger partial charge in [-0.2, -0.15) is 11.8 Å². The van der Waals surface area contributed by atoms with E-state index in [1.807, 2.05) is 0 Å². The number of hydrogen-bond donors (Lipinski definition) is 0. The van der Waals surface area contributed by atoms with Crippen LogP contribution in [0.5, 0.6) is 0 Å². The van der Waals surface area contributed by atoms with Crippen molar-refractivity contribution in [2.75, 3.05) is 18.8 Å². The molecule has 1 rings (SSSR count). The van der Waals surface area contributed by atoms with Crippen LogP contribution in [-0.2, 0) is 0 Å². The smallest absolute Gasteiger partial charge is 0.0780 e. The molecule has 0 bridgehead atoms. The number of rotatable bonds is 5. The fourth-order valence-electron chi connectivity index (χ4n) is 1.58. The summed E-state index contributed by atoms with van der Waals surface area (Å²) in [6.07, 6.45) is 3.68. The van der Waals surface area contributed by atoms with Crippen molar-refractivity contribution in [2.24, 2.45) is 0 Å². The lowest BCUT2D eigenvalue weighted by Crippen LogP contribution is -2.29.